The fourth-order valence-electron chi connectivity index (χ4n) is 3.22. The Morgan fingerprint density at radius 1 is 1.18 bits per heavy atom. The number of fused-ring (bicyclic) bond motifs is 1. The molecule has 2 aromatic heterocycles. The van der Waals surface area contributed by atoms with Crippen molar-refractivity contribution in [3.8, 4) is 0 Å². The van der Waals surface area contributed by atoms with Gasteiger partial charge in [0.25, 0.3) is 0 Å². The maximum atomic E-state index is 12.7. The van der Waals surface area contributed by atoms with Crippen LogP contribution in [0.4, 0.5) is 5.13 Å². The molecule has 8 nitrogen and oxygen atoms in total. The lowest BCUT2D eigenvalue weighted by atomic mass is 10.1. The van der Waals surface area contributed by atoms with Gasteiger partial charge in [0.1, 0.15) is 0 Å². The minimum atomic E-state index is -0.371. The van der Waals surface area contributed by atoms with Crippen LogP contribution in [0.2, 0.25) is 0 Å². The molecule has 146 valence electrons. The van der Waals surface area contributed by atoms with Crippen molar-refractivity contribution in [2.24, 2.45) is 5.73 Å². The summed E-state index contributed by atoms with van der Waals surface area (Å²) in [6.45, 7) is 2.75. The van der Waals surface area contributed by atoms with Crippen LogP contribution in [0.25, 0.3) is 10.9 Å². The Kier molecular flexibility index (Phi) is 5.49. The highest BCUT2D eigenvalue weighted by Crippen LogP contribution is 2.28. The second kappa shape index (κ2) is 8.19. The van der Waals surface area contributed by atoms with Crippen LogP contribution in [0.15, 0.2) is 34.8 Å². The molecule has 1 fully saturated rings. The number of nitrogens with zero attached hydrogens (tertiary/aromatic N) is 4. The highest BCUT2D eigenvalue weighted by Gasteiger charge is 2.24. The molecule has 0 spiro atoms. The molecule has 2 amide bonds. The number of benzene rings is 1. The third kappa shape index (κ3) is 4.12. The predicted octanol–water partition coefficient (Wildman–Crippen LogP) is 1.49. The summed E-state index contributed by atoms with van der Waals surface area (Å²) in [5.41, 5.74) is 7.24. The molecular weight excluding hydrogens is 396 g/mol. The molecule has 28 heavy (non-hydrogen) atoms. The lowest BCUT2D eigenvalue weighted by Gasteiger charge is -2.34. The molecule has 0 atom stereocenters. The van der Waals surface area contributed by atoms with Gasteiger partial charge in [-0.05, 0) is 11.6 Å². The van der Waals surface area contributed by atoms with Crippen LogP contribution in [-0.2, 0) is 16.0 Å². The van der Waals surface area contributed by atoms with Crippen molar-refractivity contribution in [1.82, 2.24) is 20.1 Å². The summed E-state index contributed by atoms with van der Waals surface area (Å²) in [4.78, 5) is 30.9. The van der Waals surface area contributed by atoms with Gasteiger partial charge in [-0.2, -0.15) is 0 Å². The molecule has 1 aliphatic rings. The van der Waals surface area contributed by atoms with E-state index in [1.165, 1.54) is 23.1 Å². The number of thioether (sulfide) groups is 1. The van der Waals surface area contributed by atoms with E-state index >= 15 is 0 Å². The van der Waals surface area contributed by atoms with Gasteiger partial charge < -0.3 is 20.5 Å². The van der Waals surface area contributed by atoms with Crippen molar-refractivity contribution in [3.05, 3.63) is 36.0 Å². The SMILES string of the molecule is NC(=O)CSc1nnc(N2CCN(C(=O)Cc3c[nH]c4ccccc34)CC2)s1. The van der Waals surface area contributed by atoms with Gasteiger partial charge in [0.2, 0.25) is 16.9 Å². The Morgan fingerprint density at radius 2 is 1.96 bits per heavy atom. The van der Waals surface area contributed by atoms with Gasteiger partial charge in [-0.1, -0.05) is 41.3 Å². The number of primary amides is 1. The van der Waals surface area contributed by atoms with Gasteiger partial charge in [-0.15, -0.1) is 10.2 Å². The normalized spacial score (nSPS) is 14.6. The molecule has 0 saturated carbocycles. The fourth-order valence-corrected chi connectivity index (χ4v) is 4.85. The number of carbonyl (C=O) groups is 2. The van der Waals surface area contributed by atoms with Crippen molar-refractivity contribution >= 4 is 50.9 Å². The Balaban J connectivity index is 1.32. The monoisotopic (exact) mass is 416 g/mol. The molecule has 1 saturated heterocycles. The molecule has 3 heterocycles. The molecule has 1 aliphatic heterocycles. The van der Waals surface area contributed by atoms with E-state index in [1.807, 2.05) is 35.4 Å². The number of carbonyl (C=O) groups excluding carboxylic acids is 2. The first-order chi connectivity index (χ1) is 13.6. The topological polar surface area (TPSA) is 108 Å². The Hall–Kier alpha value is -2.59. The third-order valence-corrected chi connectivity index (χ3v) is 6.79. The first-order valence-corrected chi connectivity index (χ1v) is 10.7. The van der Waals surface area contributed by atoms with Crippen molar-refractivity contribution in [2.75, 3.05) is 36.8 Å². The van der Waals surface area contributed by atoms with E-state index in [2.05, 4.69) is 20.1 Å². The van der Waals surface area contributed by atoms with Crippen LogP contribution in [-0.4, -0.2) is 63.8 Å². The maximum absolute atomic E-state index is 12.7. The summed E-state index contributed by atoms with van der Waals surface area (Å²) < 4.78 is 0.728. The summed E-state index contributed by atoms with van der Waals surface area (Å²) in [6.07, 6.45) is 2.32. The minimum Gasteiger partial charge on any atom is -0.369 e. The molecule has 0 unspecified atom stereocenters. The summed E-state index contributed by atoms with van der Waals surface area (Å²) >= 11 is 2.75. The Labute approximate surface area is 170 Å². The van der Waals surface area contributed by atoms with E-state index in [-0.39, 0.29) is 17.6 Å². The quantitative estimate of drug-likeness (QED) is 0.590. The number of aromatic nitrogens is 3. The lowest BCUT2D eigenvalue weighted by Crippen LogP contribution is -2.49. The summed E-state index contributed by atoms with van der Waals surface area (Å²) in [5, 5.41) is 10.2. The van der Waals surface area contributed by atoms with Crippen LogP contribution in [0, 0.1) is 0 Å². The predicted molar refractivity (Wildman–Crippen MR) is 111 cm³/mol. The smallest absolute Gasteiger partial charge is 0.227 e. The van der Waals surface area contributed by atoms with Crippen LogP contribution >= 0.6 is 23.1 Å². The molecular formula is C18H20N6O2S2. The second-order valence-electron chi connectivity index (χ2n) is 6.51. The molecule has 1 aromatic carbocycles. The molecule has 3 aromatic rings. The zero-order chi connectivity index (χ0) is 19.5. The number of para-hydroxylation sites is 1. The van der Waals surface area contributed by atoms with Gasteiger partial charge >= 0.3 is 0 Å². The van der Waals surface area contributed by atoms with Gasteiger partial charge in [0.05, 0.1) is 12.2 Å². The van der Waals surface area contributed by atoms with Gasteiger partial charge in [-0.3, -0.25) is 9.59 Å². The van der Waals surface area contributed by atoms with Crippen molar-refractivity contribution in [3.63, 3.8) is 0 Å². The number of piperazine rings is 1. The fraction of sp³-hybridized carbons (Fsp3) is 0.333. The minimum absolute atomic E-state index is 0.138. The van der Waals surface area contributed by atoms with Crippen LogP contribution < -0.4 is 10.6 Å². The molecule has 0 bridgehead atoms. The van der Waals surface area contributed by atoms with Gasteiger partial charge in [0, 0.05) is 43.3 Å². The van der Waals surface area contributed by atoms with Gasteiger partial charge in [0.15, 0.2) is 4.34 Å². The number of H-pyrrole nitrogens is 1. The number of hydrogen-bond donors (Lipinski definition) is 2. The van der Waals surface area contributed by atoms with Crippen LogP contribution in [0.3, 0.4) is 0 Å². The van der Waals surface area contributed by atoms with Crippen molar-refractivity contribution < 1.29 is 9.59 Å². The summed E-state index contributed by atoms with van der Waals surface area (Å²) in [7, 11) is 0. The molecule has 0 radical (unpaired) electrons. The highest BCUT2D eigenvalue weighted by atomic mass is 32.2. The van der Waals surface area contributed by atoms with E-state index in [0.717, 1.165) is 39.0 Å². The van der Waals surface area contributed by atoms with E-state index in [9.17, 15) is 9.59 Å². The molecule has 10 heteroatoms. The standard InChI is InChI=1S/C18H20N6O2S2/c19-15(25)11-27-18-22-21-17(28-18)24-7-5-23(6-8-24)16(26)9-12-10-20-14-4-2-1-3-13(12)14/h1-4,10,20H,5-9,11H2,(H2,19,25). The highest BCUT2D eigenvalue weighted by molar-refractivity contribution is 8.01. The number of aromatic amines is 1. The summed E-state index contributed by atoms with van der Waals surface area (Å²) in [5.74, 6) is -0.0338. The first-order valence-electron chi connectivity index (χ1n) is 8.92. The largest absolute Gasteiger partial charge is 0.369 e. The number of rotatable bonds is 6. The Morgan fingerprint density at radius 3 is 2.75 bits per heavy atom. The average molecular weight is 417 g/mol. The van der Waals surface area contributed by atoms with Crippen LogP contribution in [0.1, 0.15) is 5.56 Å². The van der Waals surface area contributed by atoms with E-state index in [1.54, 1.807) is 0 Å². The zero-order valence-electron chi connectivity index (χ0n) is 15.1. The number of nitrogens with one attached hydrogen (secondary N) is 1. The van der Waals surface area contributed by atoms with E-state index in [0.29, 0.717) is 19.5 Å². The van der Waals surface area contributed by atoms with E-state index < -0.39 is 0 Å². The number of anilines is 1. The third-order valence-electron chi connectivity index (χ3n) is 4.65. The first kappa shape index (κ1) is 18.8. The lowest BCUT2D eigenvalue weighted by molar-refractivity contribution is -0.130. The Bertz CT molecular complexity index is 993. The van der Waals surface area contributed by atoms with E-state index in [4.69, 9.17) is 5.73 Å². The number of nitrogens with two attached hydrogens (primary N) is 1. The summed E-state index contributed by atoms with van der Waals surface area (Å²) in [6, 6.07) is 8.02. The van der Waals surface area contributed by atoms with Gasteiger partial charge in [-0.25, -0.2) is 0 Å². The zero-order valence-corrected chi connectivity index (χ0v) is 16.8. The molecule has 3 N–H and O–H groups in total. The van der Waals surface area contributed by atoms with Crippen molar-refractivity contribution in [2.45, 2.75) is 10.8 Å². The molecule has 0 aliphatic carbocycles. The number of amides is 2. The maximum Gasteiger partial charge on any atom is 0.227 e. The van der Waals surface area contributed by atoms with Crippen LogP contribution in [0.5, 0.6) is 0 Å². The second-order valence-corrected chi connectivity index (χ2v) is 8.69. The average Bonchev–Trinajstić information content (AvgIpc) is 3.34. The number of hydrogen-bond acceptors (Lipinski definition) is 7. The molecule has 4 rings (SSSR count). The van der Waals surface area contributed by atoms with Crippen molar-refractivity contribution in [1.29, 1.82) is 0 Å².